The molecule has 0 aliphatic carbocycles. The number of thiophene rings is 1. The van der Waals surface area contributed by atoms with Gasteiger partial charge in [-0.2, -0.15) is 0 Å². The first-order valence-electron chi connectivity index (χ1n) is 5.78. The minimum atomic E-state index is -3.37. The number of hydrogen-bond donors (Lipinski definition) is 2. The quantitative estimate of drug-likeness (QED) is 0.830. The Labute approximate surface area is 125 Å². The fraction of sp³-hybridized carbons (Fsp3) is 0.455. The van der Waals surface area contributed by atoms with E-state index in [1.165, 1.54) is 15.9 Å². The molecule has 2 N–H and O–H groups in total. The molecule has 0 bridgehead atoms. The zero-order valence-electron chi connectivity index (χ0n) is 11.3. The lowest BCUT2D eigenvalue weighted by Gasteiger charge is -2.25. The second-order valence-corrected chi connectivity index (χ2v) is 8.29. The summed E-state index contributed by atoms with van der Waals surface area (Å²) in [5.74, 6) is 0. The van der Waals surface area contributed by atoms with Crippen molar-refractivity contribution in [2.75, 3.05) is 6.26 Å². The molecule has 0 spiro atoms. The van der Waals surface area contributed by atoms with Crippen molar-refractivity contribution in [3.8, 4) is 0 Å². The normalized spacial score (nSPS) is 12.9. The molecule has 2 aromatic rings. The van der Waals surface area contributed by atoms with Crippen LogP contribution in [0.15, 0.2) is 16.2 Å². The number of sulfonamides is 1. The van der Waals surface area contributed by atoms with Crippen LogP contribution in [0.1, 0.15) is 13.8 Å². The van der Waals surface area contributed by atoms with Crippen molar-refractivity contribution < 1.29 is 8.42 Å². The van der Waals surface area contributed by atoms with E-state index in [0.717, 1.165) is 6.26 Å². The van der Waals surface area contributed by atoms with Gasteiger partial charge in [0.05, 0.1) is 11.8 Å². The topological polar surface area (TPSA) is 84.0 Å². The zero-order valence-corrected chi connectivity index (χ0v) is 13.7. The molecule has 0 aromatic carbocycles. The van der Waals surface area contributed by atoms with Gasteiger partial charge in [0.1, 0.15) is 4.70 Å². The maximum Gasteiger partial charge on any atom is 0.272 e. The molecule has 0 saturated carbocycles. The van der Waals surface area contributed by atoms with Crippen molar-refractivity contribution in [1.82, 2.24) is 14.3 Å². The molecule has 0 radical (unpaired) electrons. The number of H-pyrrole nitrogens is 1. The number of aromatic amines is 1. The summed E-state index contributed by atoms with van der Waals surface area (Å²) in [7, 11) is -3.37. The fourth-order valence-corrected chi connectivity index (χ4v) is 4.17. The Bertz CT molecular complexity index is 858. The Morgan fingerprint density at radius 3 is 2.75 bits per heavy atom. The van der Waals surface area contributed by atoms with E-state index in [1.807, 2.05) is 5.38 Å². The van der Waals surface area contributed by atoms with Gasteiger partial charge in [0.25, 0.3) is 5.56 Å². The number of rotatable bonds is 4. The van der Waals surface area contributed by atoms with Gasteiger partial charge < -0.3 is 4.98 Å². The zero-order chi connectivity index (χ0) is 15.1. The lowest BCUT2D eigenvalue weighted by molar-refractivity contribution is 0.382. The fourth-order valence-electron chi connectivity index (χ4n) is 2.04. The third kappa shape index (κ3) is 3.35. The van der Waals surface area contributed by atoms with Gasteiger partial charge >= 0.3 is 0 Å². The second-order valence-electron chi connectivity index (χ2n) is 5.24. The van der Waals surface area contributed by atoms with E-state index in [-0.39, 0.29) is 16.9 Å². The highest BCUT2D eigenvalue weighted by molar-refractivity contribution is 7.88. The van der Waals surface area contributed by atoms with Gasteiger partial charge in [0.2, 0.25) is 10.0 Å². The van der Waals surface area contributed by atoms with Gasteiger partial charge in [-0.1, -0.05) is 0 Å². The maximum atomic E-state index is 12.4. The molecule has 0 fully saturated rings. The van der Waals surface area contributed by atoms with E-state index in [2.05, 4.69) is 9.71 Å². The summed E-state index contributed by atoms with van der Waals surface area (Å²) in [6, 6.07) is 1.79. The van der Waals surface area contributed by atoms with Crippen LogP contribution in [0.25, 0.3) is 10.2 Å². The Morgan fingerprint density at radius 1 is 1.50 bits per heavy atom. The molecule has 0 saturated heterocycles. The summed E-state index contributed by atoms with van der Waals surface area (Å²) >= 11 is 6.50. The largest absolute Gasteiger partial charge is 0.331 e. The third-order valence-electron chi connectivity index (χ3n) is 2.61. The molecular formula is C11H15N3O3S3. The predicted octanol–water partition coefficient (Wildman–Crippen LogP) is 1.45. The summed E-state index contributed by atoms with van der Waals surface area (Å²) in [5.41, 5.74) is -0.318. The van der Waals surface area contributed by atoms with E-state index < -0.39 is 15.6 Å². The monoisotopic (exact) mass is 333 g/mol. The average molecular weight is 333 g/mol. The summed E-state index contributed by atoms with van der Waals surface area (Å²) in [4.78, 5) is 15.3. The van der Waals surface area contributed by atoms with Gasteiger partial charge in [-0.15, -0.1) is 11.3 Å². The van der Waals surface area contributed by atoms with Gasteiger partial charge in [-0.05, 0) is 37.5 Å². The van der Waals surface area contributed by atoms with Crippen LogP contribution >= 0.6 is 23.6 Å². The molecule has 0 amide bonds. The summed E-state index contributed by atoms with van der Waals surface area (Å²) in [6.45, 7) is 3.56. The average Bonchev–Trinajstić information content (AvgIpc) is 2.68. The Kier molecular flexibility index (Phi) is 3.89. The van der Waals surface area contributed by atoms with Crippen molar-refractivity contribution in [2.45, 2.75) is 25.9 Å². The number of hydrogen-bond acceptors (Lipinski definition) is 5. The van der Waals surface area contributed by atoms with Crippen LogP contribution in [0.4, 0.5) is 0 Å². The van der Waals surface area contributed by atoms with Crippen LogP contribution in [-0.4, -0.2) is 29.8 Å². The molecule has 0 aliphatic heterocycles. The van der Waals surface area contributed by atoms with Gasteiger partial charge in [0, 0.05) is 12.1 Å². The van der Waals surface area contributed by atoms with Crippen LogP contribution < -0.4 is 10.3 Å². The molecule has 2 aromatic heterocycles. The van der Waals surface area contributed by atoms with Crippen LogP contribution in [0.3, 0.4) is 0 Å². The van der Waals surface area contributed by atoms with Crippen molar-refractivity contribution in [2.24, 2.45) is 0 Å². The number of nitrogens with one attached hydrogen (secondary N) is 2. The first-order valence-corrected chi connectivity index (χ1v) is 8.96. The molecular weight excluding hydrogens is 318 g/mol. The maximum absolute atomic E-state index is 12.4. The highest BCUT2D eigenvalue weighted by Crippen LogP contribution is 2.15. The van der Waals surface area contributed by atoms with Crippen LogP contribution in [0.5, 0.6) is 0 Å². The Morgan fingerprint density at radius 2 is 2.15 bits per heavy atom. The molecule has 9 heteroatoms. The number of nitrogens with zero attached hydrogens (tertiary/aromatic N) is 1. The molecule has 0 aliphatic rings. The Balaban J connectivity index is 2.49. The summed E-state index contributed by atoms with van der Waals surface area (Å²) < 4.78 is 27.4. The van der Waals surface area contributed by atoms with Gasteiger partial charge in [0.15, 0.2) is 4.77 Å². The van der Waals surface area contributed by atoms with E-state index in [9.17, 15) is 13.2 Å². The highest BCUT2D eigenvalue weighted by Gasteiger charge is 2.24. The predicted molar refractivity (Wildman–Crippen MR) is 83.3 cm³/mol. The van der Waals surface area contributed by atoms with Crippen molar-refractivity contribution in [3.05, 3.63) is 26.6 Å². The third-order valence-corrected chi connectivity index (χ3v) is 4.75. The van der Waals surface area contributed by atoms with Crippen LogP contribution in [0, 0.1) is 4.77 Å². The lowest BCUT2D eigenvalue weighted by Crippen LogP contribution is -2.47. The molecule has 6 nitrogen and oxygen atoms in total. The minimum Gasteiger partial charge on any atom is -0.331 e. The molecule has 0 atom stereocenters. The van der Waals surface area contributed by atoms with Crippen LogP contribution in [-0.2, 0) is 16.6 Å². The summed E-state index contributed by atoms with van der Waals surface area (Å²) in [5, 5.41) is 1.81. The van der Waals surface area contributed by atoms with Crippen molar-refractivity contribution in [3.63, 3.8) is 0 Å². The van der Waals surface area contributed by atoms with E-state index in [4.69, 9.17) is 12.2 Å². The molecule has 2 heterocycles. The van der Waals surface area contributed by atoms with E-state index >= 15 is 0 Å². The SMILES string of the molecule is CC(C)(Cn1c(=S)[nH]c2ccsc2c1=O)NS(C)(=O)=O. The number of aromatic nitrogens is 2. The molecule has 0 unspecified atom stereocenters. The number of fused-ring (bicyclic) bond motifs is 1. The molecule has 110 valence electrons. The highest BCUT2D eigenvalue weighted by atomic mass is 32.2. The van der Waals surface area contributed by atoms with Crippen LogP contribution in [0.2, 0.25) is 0 Å². The second kappa shape index (κ2) is 5.06. The smallest absolute Gasteiger partial charge is 0.272 e. The minimum absolute atomic E-state index is 0.155. The van der Waals surface area contributed by atoms with Crippen molar-refractivity contribution >= 4 is 43.8 Å². The molecule has 2 rings (SSSR count). The molecule has 20 heavy (non-hydrogen) atoms. The van der Waals surface area contributed by atoms with E-state index in [0.29, 0.717) is 10.2 Å². The Hall–Kier alpha value is -1.03. The first-order chi connectivity index (χ1) is 9.09. The standard InChI is InChI=1S/C11H15N3O3S3/c1-11(2,13-20(3,16)17)6-14-9(15)8-7(4-5-19-8)12-10(14)18/h4-5,13H,6H2,1-3H3,(H,12,18). The van der Waals surface area contributed by atoms with Gasteiger partial charge in [-0.25, -0.2) is 13.1 Å². The first kappa shape index (κ1) is 15.4. The summed E-state index contributed by atoms with van der Waals surface area (Å²) in [6.07, 6.45) is 1.08. The van der Waals surface area contributed by atoms with Gasteiger partial charge in [-0.3, -0.25) is 9.36 Å². The van der Waals surface area contributed by atoms with Crippen molar-refractivity contribution in [1.29, 1.82) is 0 Å². The van der Waals surface area contributed by atoms with E-state index in [1.54, 1.807) is 19.9 Å². The lowest BCUT2D eigenvalue weighted by atomic mass is 10.1.